The van der Waals surface area contributed by atoms with Gasteiger partial charge in [-0.15, -0.1) is 23.2 Å². The number of nitro benzene ring substituents is 2. The number of phenols is 1. The number of likely N-dealkylation sites (tertiary alicyclic amines) is 1. The van der Waals surface area contributed by atoms with Gasteiger partial charge in [-0.3, -0.25) is 44.3 Å². The summed E-state index contributed by atoms with van der Waals surface area (Å²) in [5.74, 6) is -7.95. The SMILES string of the molecule is COc1cccc(O)c1C1C2=CCC3C(=O)N(c4cc([N+](=O)[O-])c(N(C)C)c([N+](=O)[O-])c4)C(=O)C3C2CC2(Cl)C(=O)N(C)C(=O)C12Cl. The number of benzene rings is 2. The van der Waals surface area contributed by atoms with E-state index in [4.69, 9.17) is 27.9 Å². The van der Waals surface area contributed by atoms with E-state index in [1.807, 2.05) is 0 Å². The molecule has 17 heteroatoms. The highest BCUT2D eigenvalue weighted by atomic mass is 35.5. The number of rotatable bonds is 6. The topological polar surface area (TPSA) is 194 Å². The Hall–Kier alpha value is -4.76. The Morgan fingerprint density at radius 1 is 1.00 bits per heavy atom. The van der Waals surface area contributed by atoms with E-state index in [1.54, 1.807) is 6.08 Å². The molecule has 6 rings (SSSR count). The van der Waals surface area contributed by atoms with Crippen LogP contribution in [-0.2, 0) is 19.2 Å². The zero-order chi connectivity index (χ0) is 34.5. The molecule has 2 aliphatic heterocycles. The van der Waals surface area contributed by atoms with Crippen LogP contribution in [0.1, 0.15) is 24.3 Å². The first-order valence-corrected chi connectivity index (χ1v) is 15.1. The summed E-state index contributed by atoms with van der Waals surface area (Å²) >= 11 is 14.3. The number of allylic oxidation sites excluding steroid dienone is 2. The monoisotopic (exact) mass is 687 g/mol. The predicted molar refractivity (Wildman–Crippen MR) is 167 cm³/mol. The van der Waals surface area contributed by atoms with Crippen LogP contribution in [0.5, 0.6) is 11.5 Å². The average Bonchev–Trinajstić information content (AvgIpc) is 3.35. The van der Waals surface area contributed by atoms with Gasteiger partial charge in [-0.25, -0.2) is 4.90 Å². The Labute approximate surface area is 276 Å². The van der Waals surface area contributed by atoms with Crippen molar-refractivity contribution in [2.75, 3.05) is 38.1 Å². The van der Waals surface area contributed by atoms with Crippen LogP contribution in [0.15, 0.2) is 42.0 Å². The molecule has 0 spiro atoms. The summed E-state index contributed by atoms with van der Waals surface area (Å²) in [6.07, 6.45) is 1.23. The molecule has 0 radical (unpaired) electrons. The lowest BCUT2D eigenvalue weighted by atomic mass is 9.56. The van der Waals surface area contributed by atoms with E-state index >= 15 is 0 Å². The van der Waals surface area contributed by atoms with Crippen LogP contribution in [-0.4, -0.2) is 81.5 Å². The Morgan fingerprint density at radius 3 is 2.17 bits per heavy atom. The summed E-state index contributed by atoms with van der Waals surface area (Å²) in [4.78, 5) is 76.4. The van der Waals surface area contributed by atoms with Crippen molar-refractivity contribution in [3.8, 4) is 11.5 Å². The minimum absolute atomic E-state index is 0.0514. The quantitative estimate of drug-likeness (QED) is 0.154. The van der Waals surface area contributed by atoms with Crippen LogP contribution in [0.25, 0.3) is 0 Å². The number of amides is 4. The molecule has 2 saturated heterocycles. The molecule has 2 heterocycles. The molecule has 2 aromatic rings. The fourth-order valence-corrected chi connectivity index (χ4v) is 8.77. The number of nitrogens with zero attached hydrogens (tertiary/aromatic N) is 5. The molecule has 1 saturated carbocycles. The van der Waals surface area contributed by atoms with Gasteiger partial charge in [-0.1, -0.05) is 17.7 Å². The normalized spacial score (nSPS) is 29.7. The highest BCUT2D eigenvalue weighted by Crippen LogP contribution is 2.67. The molecule has 4 aliphatic rings. The molecule has 47 heavy (non-hydrogen) atoms. The Kier molecular flexibility index (Phi) is 7.28. The van der Waals surface area contributed by atoms with Gasteiger partial charge in [0.15, 0.2) is 15.4 Å². The van der Waals surface area contributed by atoms with Gasteiger partial charge in [-0.05, 0) is 30.9 Å². The second-order valence-electron chi connectivity index (χ2n) is 12.1. The van der Waals surface area contributed by atoms with E-state index < -0.39 is 78.3 Å². The molecule has 6 atom stereocenters. The number of halogens is 2. The number of anilines is 2. The Balaban J connectivity index is 1.53. The maximum Gasteiger partial charge on any atom is 0.301 e. The Bertz CT molecular complexity index is 1830. The smallest absolute Gasteiger partial charge is 0.301 e. The van der Waals surface area contributed by atoms with Gasteiger partial charge in [0, 0.05) is 44.8 Å². The molecule has 0 bridgehead atoms. The van der Waals surface area contributed by atoms with Crippen molar-refractivity contribution in [3.63, 3.8) is 0 Å². The number of ether oxygens (including phenoxy) is 1. The third kappa shape index (κ3) is 4.11. The van der Waals surface area contributed by atoms with E-state index in [-0.39, 0.29) is 41.3 Å². The molecule has 15 nitrogen and oxygen atoms in total. The summed E-state index contributed by atoms with van der Waals surface area (Å²) in [6.45, 7) is 0. The summed E-state index contributed by atoms with van der Waals surface area (Å²) in [5, 5.41) is 35.1. The summed E-state index contributed by atoms with van der Waals surface area (Å²) in [5.41, 5.74) is -1.65. The van der Waals surface area contributed by atoms with E-state index in [0.717, 1.165) is 17.0 Å². The third-order valence-electron chi connectivity index (χ3n) is 9.72. The van der Waals surface area contributed by atoms with Crippen LogP contribution < -0.4 is 14.5 Å². The van der Waals surface area contributed by atoms with Crippen molar-refractivity contribution >= 4 is 69.6 Å². The van der Waals surface area contributed by atoms with Gasteiger partial charge in [0.2, 0.25) is 11.8 Å². The van der Waals surface area contributed by atoms with Gasteiger partial charge < -0.3 is 14.7 Å². The fourth-order valence-electron chi connectivity index (χ4n) is 7.77. The summed E-state index contributed by atoms with van der Waals surface area (Å²) in [6, 6.07) is 6.23. The maximum atomic E-state index is 14.3. The van der Waals surface area contributed by atoms with Crippen molar-refractivity contribution in [2.24, 2.45) is 17.8 Å². The number of hydrogen-bond donors (Lipinski definition) is 1. The Morgan fingerprint density at radius 2 is 1.62 bits per heavy atom. The molecule has 2 aliphatic carbocycles. The van der Waals surface area contributed by atoms with Crippen molar-refractivity contribution in [3.05, 3.63) is 67.8 Å². The number of phenolic OH excluding ortho intramolecular Hbond substituents is 1. The molecular formula is C30H27Cl2N5O10. The van der Waals surface area contributed by atoms with Crippen molar-refractivity contribution in [1.29, 1.82) is 0 Å². The molecule has 246 valence electrons. The lowest BCUT2D eigenvalue weighted by Gasteiger charge is -2.50. The number of carbonyl (C=O) groups excluding carboxylic acids is 4. The van der Waals surface area contributed by atoms with Crippen LogP contribution in [0.4, 0.5) is 22.7 Å². The molecule has 1 N–H and O–H groups in total. The van der Waals surface area contributed by atoms with E-state index in [1.165, 1.54) is 51.4 Å². The lowest BCUT2D eigenvalue weighted by Crippen LogP contribution is -2.60. The fraction of sp³-hybridized carbons (Fsp3) is 0.400. The minimum atomic E-state index is -2.17. The molecule has 0 aromatic heterocycles. The number of aromatic hydroxyl groups is 1. The zero-order valence-corrected chi connectivity index (χ0v) is 26.8. The third-order valence-corrected chi connectivity index (χ3v) is 11.1. The van der Waals surface area contributed by atoms with Crippen molar-refractivity contribution < 1.29 is 38.9 Å². The van der Waals surface area contributed by atoms with Gasteiger partial charge in [0.25, 0.3) is 11.8 Å². The first-order valence-electron chi connectivity index (χ1n) is 14.3. The van der Waals surface area contributed by atoms with Gasteiger partial charge in [0.1, 0.15) is 11.5 Å². The summed E-state index contributed by atoms with van der Waals surface area (Å²) in [7, 11) is 5.32. The van der Waals surface area contributed by atoms with Crippen LogP contribution in [0, 0.1) is 38.0 Å². The molecule has 6 unspecified atom stereocenters. The largest absolute Gasteiger partial charge is 0.508 e. The number of nitro groups is 2. The van der Waals surface area contributed by atoms with Gasteiger partial charge in [-0.2, -0.15) is 0 Å². The van der Waals surface area contributed by atoms with E-state index in [0.29, 0.717) is 10.5 Å². The number of hydrogen-bond acceptors (Lipinski definition) is 11. The van der Waals surface area contributed by atoms with Gasteiger partial charge >= 0.3 is 11.4 Å². The van der Waals surface area contributed by atoms with Crippen molar-refractivity contribution in [2.45, 2.75) is 28.5 Å². The average molecular weight is 688 g/mol. The molecule has 4 amide bonds. The first-order chi connectivity index (χ1) is 22.0. The number of carbonyl (C=O) groups is 4. The molecular weight excluding hydrogens is 661 g/mol. The van der Waals surface area contributed by atoms with E-state index in [9.17, 15) is 44.5 Å². The van der Waals surface area contributed by atoms with Crippen molar-refractivity contribution in [1.82, 2.24) is 4.90 Å². The zero-order valence-electron chi connectivity index (χ0n) is 25.3. The standard InChI is InChI=1S/C30H27Cl2N5O10/c1-33(2)24-17(36(43)44)10-13(11-18(24)37(45)46)35-25(39)15-9-8-14-16(21(15)26(35)40)12-29(31)27(41)34(3)28(42)30(29,32)23(14)22-19(38)6-5-7-20(22)47-4/h5-8,10-11,15-16,21,23,38H,9,12H2,1-4H3. The van der Waals surface area contributed by atoms with E-state index in [2.05, 4.69) is 0 Å². The number of fused-ring (bicyclic) bond motifs is 4. The van der Waals surface area contributed by atoms with Crippen LogP contribution >= 0.6 is 23.2 Å². The molecule has 3 fully saturated rings. The second kappa shape index (κ2) is 10.6. The van der Waals surface area contributed by atoms with Crippen LogP contribution in [0.2, 0.25) is 0 Å². The van der Waals surface area contributed by atoms with Crippen LogP contribution in [0.3, 0.4) is 0 Å². The second-order valence-corrected chi connectivity index (χ2v) is 13.4. The number of methoxy groups -OCH3 is 1. The highest BCUT2D eigenvalue weighted by molar-refractivity contribution is 6.53. The lowest BCUT2D eigenvalue weighted by molar-refractivity contribution is -0.392. The number of imide groups is 2. The van der Waals surface area contributed by atoms with Gasteiger partial charge in [0.05, 0.1) is 34.5 Å². The molecule has 2 aromatic carbocycles. The first kappa shape index (κ1) is 32.2. The minimum Gasteiger partial charge on any atom is -0.508 e. The predicted octanol–water partition coefficient (Wildman–Crippen LogP) is 3.48. The highest BCUT2D eigenvalue weighted by Gasteiger charge is 2.76. The number of alkyl halides is 2. The summed E-state index contributed by atoms with van der Waals surface area (Å²) < 4.78 is 5.52. The maximum absolute atomic E-state index is 14.3.